The van der Waals surface area contributed by atoms with E-state index in [0.717, 1.165) is 29.9 Å². The van der Waals surface area contributed by atoms with Crippen LogP contribution < -0.4 is 14.2 Å². The van der Waals surface area contributed by atoms with E-state index in [1.54, 1.807) is 0 Å². The van der Waals surface area contributed by atoms with E-state index in [1.807, 2.05) is 32.9 Å². The molecule has 0 saturated heterocycles. The minimum atomic E-state index is 0.582. The first-order valence-corrected chi connectivity index (χ1v) is 7.42. The van der Waals surface area contributed by atoms with Crippen LogP contribution in [0.5, 0.6) is 17.2 Å². The summed E-state index contributed by atoms with van der Waals surface area (Å²) in [6.45, 7) is 7.66. The molecule has 1 aromatic carbocycles. The summed E-state index contributed by atoms with van der Waals surface area (Å²) in [7, 11) is 0. The predicted molar refractivity (Wildman–Crippen MR) is 79.0 cm³/mol. The predicted octanol–water partition coefficient (Wildman–Crippen LogP) is 4.05. The summed E-state index contributed by atoms with van der Waals surface area (Å²) < 4.78 is 17.1. The number of benzene rings is 1. The van der Waals surface area contributed by atoms with Gasteiger partial charge in [0.25, 0.3) is 0 Å². The normalized spacial score (nSPS) is 10.3. The Balaban J connectivity index is 3.14. The molecule has 1 rings (SSSR count). The van der Waals surface area contributed by atoms with Crippen LogP contribution in [0.15, 0.2) is 12.1 Å². The van der Waals surface area contributed by atoms with Crippen molar-refractivity contribution in [3.63, 3.8) is 0 Å². The van der Waals surface area contributed by atoms with E-state index in [9.17, 15) is 0 Å². The molecule has 0 aliphatic rings. The molecular formula is C15H23ClO3. The topological polar surface area (TPSA) is 27.7 Å². The molecule has 0 saturated carbocycles. The molecule has 1 aromatic rings. The van der Waals surface area contributed by atoms with Crippen molar-refractivity contribution in [3.05, 3.63) is 17.7 Å². The Kier molecular flexibility index (Phi) is 7.49. The standard InChI is InChI=1S/C15H23ClO3/c1-4-17-13-10-9-12(8-7-11-16)14(18-5-2)15(13)19-6-3/h9-10H,4-8,11H2,1-3H3. The largest absolute Gasteiger partial charge is 0.490 e. The third kappa shape index (κ3) is 4.50. The maximum absolute atomic E-state index is 5.77. The van der Waals surface area contributed by atoms with E-state index in [4.69, 9.17) is 25.8 Å². The van der Waals surface area contributed by atoms with Crippen molar-refractivity contribution in [2.24, 2.45) is 0 Å². The lowest BCUT2D eigenvalue weighted by Crippen LogP contribution is -2.05. The van der Waals surface area contributed by atoms with Crippen LogP contribution in [0.4, 0.5) is 0 Å². The summed E-state index contributed by atoms with van der Waals surface area (Å²) in [6.07, 6.45) is 1.80. The lowest BCUT2D eigenvalue weighted by Gasteiger charge is -2.18. The first kappa shape index (κ1) is 16.0. The van der Waals surface area contributed by atoms with Crippen LogP contribution in [0.3, 0.4) is 0 Å². The Hall–Kier alpha value is -1.09. The second-order valence-electron chi connectivity index (χ2n) is 3.97. The van der Waals surface area contributed by atoms with Gasteiger partial charge in [0, 0.05) is 5.88 Å². The number of halogens is 1. The average Bonchev–Trinajstić information content (AvgIpc) is 2.42. The van der Waals surface area contributed by atoms with Crippen LogP contribution in [-0.4, -0.2) is 25.7 Å². The van der Waals surface area contributed by atoms with Crippen molar-refractivity contribution in [2.75, 3.05) is 25.7 Å². The van der Waals surface area contributed by atoms with Crippen molar-refractivity contribution in [2.45, 2.75) is 33.6 Å². The Morgan fingerprint density at radius 1 is 0.895 bits per heavy atom. The zero-order chi connectivity index (χ0) is 14.1. The van der Waals surface area contributed by atoms with E-state index in [-0.39, 0.29) is 0 Å². The minimum absolute atomic E-state index is 0.582. The SMILES string of the molecule is CCOc1ccc(CCCCl)c(OCC)c1OCC. The van der Waals surface area contributed by atoms with Gasteiger partial charge in [-0.15, -0.1) is 11.6 Å². The van der Waals surface area contributed by atoms with E-state index in [0.29, 0.717) is 31.5 Å². The summed E-state index contributed by atoms with van der Waals surface area (Å²) in [5.74, 6) is 2.88. The summed E-state index contributed by atoms with van der Waals surface area (Å²) in [6, 6.07) is 3.98. The van der Waals surface area contributed by atoms with Gasteiger partial charge in [-0.2, -0.15) is 0 Å². The Morgan fingerprint density at radius 3 is 2.11 bits per heavy atom. The third-order valence-corrected chi connectivity index (χ3v) is 2.88. The molecule has 0 heterocycles. The van der Waals surface area contributed by atoms with Gasteiger partial charge in [-0.25, -0.2) is 0 Å². The van der Waals surface area contributed by atoms with Crippen molar-refractivity contribution < 1.29 is 14.2 Å². The quantitative estimate of drug-likeness (QED) is 0.641. The summed E-state index contributed by atoms with van der Waals surface area (Å²) >= 11 is 5.77. The Labute approximate surface area is 120 Å². The van der Waals surface area contributed by atoms with Crippen molar-refractivity contribution in [1.29, 1.82) is 0 Å². The fourth-order valence-corrected chi connectivity index (χ4v) is 2.03. The van der Waals surface area contributed by atoms with Gasteiger partial charge in [-0.1, -0.05) is 6.07 Å². The van der Waals surface area contributed by atoms with Gasteiger partial charge in [0.2, 0.25) is 5.75 Å². The zero-order valence-electron chi connectivity index (χ0n) is 12.0. The third-order valence-electron chi connectivity index (χ3n) is 2.61. The molecule has 0 aliphatic carbocycles. The summed E-state index contributed by atoms with van der Waals surface area (Å²) in [4.78, 5) is 0. The molecule has 4 heteroatoms. The zero-order valence-corrected chi connectivity index (χ0v) is 12.8. The lowest BCUT2D eigenvalue weighted by atomic mass is 10.1. The number of hydrogen-bond donors (Lipinski definition) is 0. The molecule has 0 bridgehead atoms. The highest BCUT2D eigenvalue weighted by Crippen LogP contribution is 2.41. The molecule has 108 valence electrons. The van der Waals surface area contributed by atoms with Gasteiger partial charge in [0.15, 0.2) is 11.5 Å². The second-order valence-corrected chi connectivity index (χ2v) is 4.35. The maximum atomic E-state index is 5.77. The number of alkyl halides is 1. The molecule has 19 heavy (non-hydrogen) atoms. The molecule has 0 fully saturated rings. The molecular weight excluding hydrogens is 264 g/mol. The van der Waals surface area contributed by atoms with E-state index >= 15 is 0 Å². The minimum Gasteiger partial charge on any atom is -0.490 e. The number of aryl methyl sites for hydroxylation is 1. The van der Waals surface area contributed by atoms with Gasteiger partial charge in [-0.05, 0) is 45.2 Å². The van der Waals surface area contributed by atoms with Gasteiger partial charge < -0.3 is 14.2 Å². The Morgan fingerprint density at radius 2 is 1.53 bits per heavy atom. The highest BCUT2D eigenvalue weighted by atomic mass is 35.5. The van der Waals surface area contributed by atoms with Gasteiger partial charge >= 0.3 is 0 Å². The van der Waals surface area contributed by atoms with Crippen LogP contribution in [0.2, 0.25) is 0 Å². The van der Waals surface area contributed by atoms with E-state index in [2.05, 4.69) is 0 Å². The molecule has 0 radical (unpaired) electrons. The fraction of sp³-hybridized carbons (Fsp3) is 0.600. The second kappa shape index (κ2) is 8.92. The first-order valence-electron chi connectivity index (χ1n) is 6.88. The molecule has 3 nitrogen and oxygen atoms in total. The Bertz CT molecular complexity index is 380. The van der Waals surface area contributed by atoms with Gasteiger partial charge in [-0.3, -0.25) is 0 Å². The number of hydrogen-bond acceptors (Lipinski definition) is 3. The van der Waals surface area contributed by atoms with Crippen molar-refractivity contribution >= 4 is 11.6 Å². The highest BCUT2D eigenvalue weighted by molar-refractivity contribution is 6.17. The molecule has 0 atom stereocenters. The van der Waals surface area contributed by atoms with Gasteiger partial charge in [0.05, 0.1) is 19.8 Å². The van der Waals surface area contributed by atoms with Crippen LogP contribution in [0, 0.1) is 0 Å². The fourth-order valence-electron chi connectivity index (χ4n) is 1.89. The van der Waals surface area contributed by atoms with Gasteiger partial charge in [0.1, 0.15) is 0 Å². The summed E-state index contributed by atoms with van der Waals surface area (Å²) in [5.41, 5.74) is 1.12. The molecule has 0 N–H and O–H groups in total. The number of rotatable bonds is 9. The van der Waals surface area contributed by atoms with Crippen LogP contribution in [0.1, 0.15) is 32.8 Å². The molecule has 0 aliphatic heterocycles. The smallest absolute Gasteiger partial charge is 0.203 e. The first-order chi connectivity index (χ1) is 9.28. The van der Waals surface area contributed by atoms with Crippen LogP contribution in [0.25, 0.3) is 0 Å². The van der Waals surface area contributed by atoms with Crippen molar-refractivity contribution in [1.82, 2.24) is 0 Å². The molecule has 0 spiro atoms. The lowest BCUT2D eigenvalue weighted by molar-refractivity contribution is 0.259. The highest BCUT2D eigenvalue weighted by Gasteiger charge is 2.16. The molecule has 0 amide bonds. The van der Waals surface area contributed by atoms with E-state index in [1.165, 1.54) is 0 Å². The van der Waals surface area contributed by atoms with Crippen LogP contribution >= 0.6 is 11.6 Å². The average molecular weight is 287 g/mol. The number of ether oxygens (including phenoxy) is 3. The maximum Gasteiger partial charge on any atom is 0.203 e. The van der Waals surface area contributed by atoms with Crippen LogP contribution in [-0.2, 0) is 6.42 Å². The van der Waals surface area contributed by atoms with Crippen molar-refractivity contribution in [3.8, 4) is 17.2 Å². The summed E-state index contributed by atoms with van der Waals surface area (Å²) in [5, 5.41) is 0. The van der Waals surface area contributed by atoms with E-state index < -0.39 is 0 Å². The molecule has 0 unspecified atom stereocenters. The molecule has 0 aromatic heterocycles. The monoisotopic (exact) mass is 286 g/mol.